The molecular formula is C19H26O3. The summed E-state index contributed by atoms with van der Waals surface area (Å²) in [7, 11) is 1.67. The van der Waals surface area contributed by atoms with Crippen LogP contribution in [0.3, 0.4) is 0 Å². The zero-order chi connectivity index (χ0) is 16.1. The van der Waals surface area contributed by atoms with Crippen molar-refractivity contribution in [3.05, 3.63) is 30.3 Å². The fraction of sp³-hybridized carbons (Fsp3) is 0.474. The molecule has 2 aromatic rings. The molecule has 0 spiro atoms. The molecule has 2 rings (SSSR count). The Morgan fingerprint density at radius 3 is 2.05 bits per heavy atom. The molecule has 0 aliphatic rings. The lowest BCUT2D eigenvalue weighted by Gasteiger charge is -2.14. The lowest BCUT2D eigenvalue weighted by atomic mass is 10.1. The Morgan fingerprint density at radius 2 is 1.41 bits per heavy atom. The number of benzene rings is 2. The molecule has 0 saturated carbocycles. The first-order valence-corrected chi connectivity index (χ1v) is 7.87. The Kier molecular flexibility index (Phi) is 5.53. The van der Waals surface area contributed by atoms with E-state index in [1.54, 1.807) is 7.11 Å². The van der Waals surface area contributed by atoms with E-state index < -0.39 is 0 Å². The van der Waals surface area contributed by atoms with Gasteiger partial charge in [-0.15, -0.1) is 0 Å². The quantitative estimate of drug-likeness (QED) is 0.726. The van der Waals surface area contributed by atoms with Crippen LogP contribution in [0.4, 0.5) is 0 Å². The fourth-order valence-corrected chi connectivity index (χ4v) is 2.12. The predicted molar refractivity (Wildman–Crippen MR) is 91.2 cm³/mol. The Hall–Kier alpha value is -1.90. The van der Waals surface area contributed by atoms with E-state index in [-0.39, 0.29) is 0 Å². The second-order valence-electron chi connectivity index (χ2n) is 6.42. The van der Waals surface area contributed by atoms with Gasteiger partial charge in [0.05, 0.1) is 20.3 Å². The van der Waals surface area contributed by atoms with Crippen LogP contribution in [0.15, 0.2) is 30.3 Å². The highest BCUT2D eigenvalue weighted by atomic mass is 16.5. The number of ether oxygens (including phenoxy) is 3. The smallest absolute Gasteiger partial charge is 0.161 e. The van der Waals surface area contributed by atoms with E-state index in [2.05, 4.69) is 39.8 Å². The van der Waals surface area contributed by atoms with Gasteiger partial charge in [-0.3, -0.25) is 0 Å². The minimum absolute atomic E-state index is 0.473. The van der Waals surface area contributed by atoms with Gasteiger partial charge in [0.1, 0.15) is 5.75 Å². The largest absolute Gasteiger partial charge is 0.493 e. The van der Waals surface area contributed by atoms with Crippen LogP contribution in [0, 0.1) is 11.8 Å². The molecular weight excluding hydrogens is 276 g/mol. The van der Waals surface area contributed by atoms with Crippen molar-refractivity contribution in [3.63, 3.8) is 0 Å². The number of rotatable bonds is 7. The van der Waals surface area contributed by atoms with Gasteiger partial charge in [-0.05, 0) is 46.9 Å². The summed E-state index contributed by atoms with van der Waals surface area (Å²) in [6.45, 7) is 9.94. The third-order valence-electron chi connectivity index (χ3n) is 3.25. The van der Waals surface area contributed by atoms with Gasteiger partial charge in [0.15, 0.2) is 11.5 Å². The molecule has 120 valence electrons. The monoisotopic (exact) mass is 302 g/mol. The second kappa shape index (κ2) is 7.39. The molecule has 0 aromatic heterocycles. The first-order chi connectivity index (χ1) is 10.5. The molecule has 22 heavy (non-hydrogen) atoms. The highest BCUT2D eigenvalue weighted by molar-refractivity contribution is 5.87. The Labute approximate surface area is 133 Å². The maximum Gasteiger partial charge on any atom is 0.161 e. The van der Waals surface area contributed by atoms with E-state index in [9.17, 15) is 0 Å². The van der Waals surface area contributed by atoms with E-state index in [0.29, 0.717) is 18.4 Å². The van der Waals surface area contributed by atoms with Gasteiger partial charge < -0.3 is 14.2 Å². The Bertz CT molecular complexity index is 617. The van der Waals surface area contributed by atoms with Crippen molar-refractivity contribution in [1.82, 2.24) is 0 Å². The van der Waals surface area contributed by atoms with Crippen LogP contribution in [-0.4, -0.2) is 20.3 Å². The molecule has 3 heteroatoms. The van der Waals surface area contributed by atoms with Crippen molar-refractivity contribution in [1.29, 1.82) is 0 Å². The average Bonchev–Trinajstić information content (AvgIpc) is 2.49. The first kappa shape index (κ1) is 16.5. The van der Waals surface area contributed by atoms with Crippen molar-refractivity contribution >= 4 is 10.8 Å². The van der Waals surface area contributed by atoms with Gasteiger partial charge in [-0.1, -0.05) is 33.8 Å². The van der Waals surface area contributed by atoms with E-state index in [0.717, 1.165) is 34.6 Å². The van der Waals surface area contributed by atoms with Crippen LogP contribution < -0.4 is 14.2 Å². The van der Waals surface area contributed by atoms with Crippen LogP contribution in [0.1, 0.15) is 27.7 Å². The first-order valence-electron chi connectivity index (χ1n) is 7.87. The lowest BCUT2D eigenvalue weighted by molar-refractivity contribution is 0.257. The summed E-state index contributed by atoms with van der Waals surface area (Å²) in [5.41, 5.74) is 0. The van der Waals surface area contributed by atoms with Crippen LogP contribution in [0.5, 0.6) is 17.2 Å². The molecule has 3 nitrogen and oxygen atoms in total. The summed E-state index contributed by atoms with van der Waals surface area (Å²) in [5, 5.41) is 2.21. The van der Waals surface area contributed by atoms with Crippen molar-refractivity contribution in [3.8, 4) is 17.2 Å². The van der Waals surface area contributed by atoms with Gasteiger partial charge in [0, 0.05) is 0 Å². The molecule has 0 aliphatic carbocycles. The summed E-state index contributed by atoms with van der Waals surface area (Å²) in [4.78, 5) is 0. The molecule has 0 unspecified atom stereocenters. The molecule has 0 aliphatic heterocycles. The van der Waals surface area contributed by atoms with E-state index >= 15 is 0 Å². The highest BCUT2D eigenvalue weighted by Gasteiger charge is 2.09. The molecule has 0 radical (unpaired) electrons. The predicted octanol–water partition coefficient (Wildman–Crippen LogP) is 4.92. The van der Waals surface area contributed by atoms with E-state index in [1.807, 2.05) is 18.2 Å². The summed E-state index contributed by atoms with van der Waals surface area (Å²) < 4.78 is 17.1. The van der Waals surface area contributed by atoms with Gasteiger partial charge in [0.25, 0.3) is 0 Å². The number of fused-ring (bicyclic) bond motifs is 1. The third-order valence-corrected chi connectivity index (χ3v) is 3.25. The molecule has 0 saturated heterocycles. The number of hydrogen-bond donors (Lipinski definition) is 0. The van der Waals surface area contributed by atoms with E-state index in [4.69, 9.17) is 14.2 Å². The second-order valence-corrected chi connectivity index (χ2v) is 6.42. The number of methoxy groups -OCH3 is 1. The van der Waals surface area contributed by atoms with Crippen LogP contribution in [0.2, 0.25) is 0 Å². The maximum absolute atomic E-state index is 5.87. The van der Waals surface area contributed by atoms with Crippen LogP contribution in [0.25, 0.3) is 10.8 Å². The zero-order valence-electron chi connectivity index (χ0n) is 14.2. The summed E-state index contributed by atoms with van der Waals surface area (Å²) in [6.07, 6.45) is 0. The Morgan fingerprint density at radius 1 is 0.773 bits per heavy atom. The van der Waals surface area contributed by atoms with Gasteiger partial charge >= 0.3 is 0 Å². The van der Waals surface area contributed by atoms with Gasteiger partial charge in [0.2, 0.25) is 0 Å². The average molecular weight is 302 g/mol. The minimum atomic E-state index is 0.473. The fourth-order valence-electron chi connectivity index (χ4n) is 2.12. The highest BCUT2D eigenvalue weighted by Crippen LogP contribution is 2.34. The molecule has 2 aromatic carbocycles. The minimum Gasteiger partial charge on any atom is -0.493 e. The van der Waals surface area contributed by atoms with Gasteiger partial charge in [-0.2, -0.15) is 0 Å². The van der Waals surface area contributed by atoms with Crippen molar-refractivity contribution in [2.45, 2.75) is 27.7 Å². The van der Waals surface area contributed by atoms with Crippen molar-refractivity contribution < 1.29 is 14.2 Å². The zero-order valence-corrected chi connectivity index (χ0v) is 14.2. The Balaban J connectivity index is 2.30. The SMILES string of the molecule is COc1cc2ccc(OCC(C)C)cc2cc1OCC(C)C. The molecule has 0 fully saturated rings. The van der Waals surface area contributed by atoms with Crippen molar-refractivity contribution in [2.75, 3.05) is 20.3 Å². The standard InChI is InChI=1S/C19H26O3/c1-13(2)11-21-17-7-6-15-9-18(20-5)19(10-16(15)8-17)22-12-14(3)4/h6-10,13-14H,11-12H2,1-5H3. The molecule has 0 atom stereocenters. The topological polar surface area (TPSA) is 27.7 Å². The molecule has 0 N–H and O–H groups in total. The van der Waals surface area contributed by atoms with Crippen LogP contribution in [-0.2, 0) is 0 Å². The van der Waals surface area contributed by atoms with Gasteiger partial charge in [-0.25, -0.2) is 0 Å². The van der Waals surface area contributed by atoms with Crippen LogP contribution >= 0.6 is 0 Å². The van der Waals surface area contributed by atoms with E-state index in [1.165, 1.54) is 0 Å². The lowest BCUT2D eigenvalue weighted by Crippen LogP contribution is -2.06. The molecule has 0 heterocycles. The maximum atomic E-state index is 5.87. The summed E-state index contributed by atoms with van der Waals surface area (Å²) in [6, 6.07) is 10.1. The molecule has 0 bridgehead atoms. The normalized spacial score (nSPS) is 11.2. The summed E-state index contributed by atoms with van der Waals surface area (Å²) >= 11 is 0. The third kappa shape index (κ3) is 4.30. The van der Waals surface area contributed by atoms with Crippen molar-refractivity contribution in [2.24, 2.45) is 11.8 Å². The summed E-state index contributed by atoms with van der Waals surface area (Å²) in [5.74, 6) is 3.42. The number of hydrogen-bond acceptors (Lipinski definition) is 3. The molecule has 0 amide bonds.